The molecule has 0 radical (unpaired) electrons. The van der Waals surface area contributed by atoms with Crippen LogP contribution in [0.1, 0.15) is 42.5 Å². The highest BCUT2D eigenvalue weighted by molar-refractivity contribution is 5.73. The number of aryl methyl sites for hydroxylation is 2. The van der Waals surface area contributed by atoms with Gasteiger partial charge in [0.1, 0.15) is 5.82 Å². The molecule has 0 bridgehead atoms. The molecule has 0 aliphatic rings. The number of hydrogen-bond donors (Lipinski definition) is 2. The fourth-order valence-electron chi connectivity index (χ4n) is 2.19. The van der Waals surface area contributed by atoms with E-state index < -0.39 is 0 Å². The third kappa shape index (κ3) is 3.81. The van der Waals surface area contributed by atoms with E-state index in [2.05, 4.69) is 0 Å². The summed E-state index contributed by atoms with van der Waals surface area (Å²) in [5.41, 5.74) is 13.3. The molecule has 0 aromatic heterocycles. The predicted octanol–water partition coefficient (Wildman–Crippen LogP) is 2.34. The van der Waals surface area contributed by atoms with Gasteiger partial charge in [0, 0.05) is 12.5 Å². The normalized spacial score (nSPS) is 14.3. The van der Waals surface area contributed by atoms with Gasteiger partial charge in [-0.05, 0) is 42.9 Å². The van der Waals surface area contributed by atoms with E-state index in [4.69, 9.17) is 11.5 Å². The summed E-state index contributed by atoms with van der Waals surface area (Å²) in [5, 5.41) is 0. The van der Waals surface area contributed by atoms with Crippen LogP contribution in [0.5, 0.6) is 0 Å². The maximum atomic E-state index is 13.5. The van der Waals surface area contributed by atoms with Crippen LogP contribution in [0.4, 0.5) is 4.39 Å². The Balaban J connectivity index is 2.78. The zero-order valence-corrected chi connectivity index (χ0v) is 11.2. The molecule has 18 heavy (non-hydrogen) atoms. The zero-order chi connectivity index (χ0) is 13.9. The van der Waals surface area contributed by atoms with Crippen molar-refractivity contribution in [2.75, 3.05) is 0 Å². The Morgan fingerprint density at radius 2 is 1.83 bits per heavy atom. The molecule has 0 aliphatic heterocycles. The number of carbonyl (C=O) groups is 1. The third-order valence-electron chi connectivity index (χ3n) is 3.09. The average molecular weight is 252 g/mol. The summed E-state index contributed by atoms with van der Waals surface area (Å²) in [6, 6.07) is 3.34. The summed E-state index contributed by atoms with van der Waals surface area (Å²) < 4.78 is 13.5. The Morgan fingerprint density at radius 1 is 1.33 bits per heavy atom. The van der Waals surface area contributed by atoms with E-state index >= 15 is 0 Å². The lowest BCUT2D eigenvalue weighted by atomic mass is 9.92. The van der Waals surface area contributed by atoms with E-state index in [0.717, 1.165) is 5.56 Å². The minimum absolute atomic E-state index is 0.128. The van der Waals surface area contributed by atoms with Gasteiger partial charge in [0.25, 0.3) is 0 Å². The Kier molecular flexibility index (Phi) is 4.84. The van der Waals surface area contributed by atoms with Gasteiger partial charge in [-0.3, -0.25) is 4.79 Å². The molecule has 3 nitrogen and oxygen atoms in total. The Morgan fingerprint density at radius 3 is 2.28 bits per heavy atom. The molecule has 4 N–H and O–H groups in total. The summed E-state index contributed by atoms with van der Waals surface area (Å²) >= 11 is 0. The first kappa shape index (κ1) is 14.6. The molecule has 0 aliphatic carbocycles. The molecule has 1 aromatic carbocycles. The summed E-state index contributed by atoms with van der Waals surface area (Å²) in [4.78, 5) is 10.8. The van der Waals surface area contributed by atoms with Crippen molar-refractivity contribution in [3.63, 3.8) is 0 Å². The first-order valence-corrected chi connectivity index (χ1v) is 6.11. The van der Waals surface area contributed by atoms with Crippen molar-refractivity contribution in [2.24, 2.45) is 17.4 Å². The van der Waals surface area contributed by atoms with Crippen LogP contribution in [0.3, 0.4) is 0 Å². The van der Waals surface area contributed by atoms with Crippen LogP contribution in [0.2, 0.25) is 0 Å². The molecular weight excluding hydrogens is 231 g/mol. The predicted molar refractivity (Wildman–Crippen MR) is 70.4 cm³/mol. The van der Waals surface area contributed by atoms with Gasteiger partial charge >= 0.3 is 0 Å². The molecule has 0 saturated carbocycles. The number of amides is 1. The molecule has 2 atom stereocenters. The zero-order valence-electron chi connectivity index (χ0n) is 11.2. The van der Waals surface area contributed by atoms with Crippen molar-refractivity contribution in [3.05, 3.63) is 34.6 Å². The second kappa shape index (κ2) is 5.96. The van der Waals surface area contributed by atoms with E-state index in [1.165, 1.54) is 0 Å². The fourth-order valence-corrected chi connectivity index (χ4v) is 2.19. The average Bonchev–Trinajstić information content (AvgIpc) is 2.23. The lowest BCUT2D eigenvalue weighted by Gasteiger charge is -2.18. The maximum Gasteiger partial charge on any atom is 0.217 e. The van der Waals surface area contributed by atoms with Gasteiger partial charge in [-0.25, -0.2) is 4.39 Å². The molecule has 0 fully saturated rings. The van der Waals surface area contributed by atoms with Crippen molar-refractivity contribution in [1.29, 1.82) is 0 Å². The molecule has 4 heteroatoms. The lowest BCUT2D eigenvalue weighted by molar-refractivity contribution is -0.118. The fraction of sp³-hybridized carbons (Fsp3) is 0.500. The highest BCUT2D eigenvalue weighted by Crippen LogP contribution is 2.24. The van der Waals surface area contributed by atoms with Gasteiger partial charge in [-0.15, -0.1) is 0 Å². The van der Waals surface area contributed by atoms with Gasteiger partial charge in [0.2, 0.25) is 5.91 Å². The van der Waals surface area contributed by atoms with Crippen LogP contribution in [0.15, 0.2) is 12.1 Å². The molecule has 0 spiro atoms. The van der Waals surface area contributed by atoms with E-state index in [-0.39, 0.29) is 23.7 Å². The summed E-state index contributed by atoms with van der Waals surface area (Å²) in [5.74, 6) is -0.375. The van der Waals surface area contributed by atoms with Gasteiger partial charge in [0.05, 0.1) is 0 Å². The van der Waals surface area contributed by atoms with E-state index in [1.54, 1.807) is 26.0 Å². The molecule has 0 heterocycles. The summed E-state index contributed by atoms with van der Waals surface area (Å²) in [6.45, 7) is 5.39. The van der Waals surface area contributed by atoms with Gasteiger partial charge in [0.15, 0.2) is 0 Å². The quantitative estimate of drug-likeness (QED) is 0.844. The molecule has 2 unspecified atom stereocenters. The minimum Gasteiger partial charge on any atom is -0.370 e. The largest absolute Gasteiger partial charge is 0.370 e. The van der Waals surface area contributed by atoms with E-state index in [0.29, 0.717) is 24.0 Å². The van der Waals surface area contributed by atoms with Gasteiger partial charge in [-0.2, -0.15) is 0 Å². The highest BCUT2D eigenvalue weighted by Gasteiger charge is 2.15. The first-order chi connectivity index (χ1) is 8.31. The van der Waals surface area contributed by atoms with E-state index in [9.17, 15) is 9.18 Å². The first-order valence-electron chi connectivity index (χ1n) is 6.11. The number of halogens is 1. The van der Waals surface area contributed by atoms with E-state index in [1.807, 2.05) is 6.92 Å². The maximum absolute atomic E-state index is 13.5. The lowest BCUT2D eigenvalue weighted by Crippen LogP contribution is -2.19. The molecule has 100 valence electrons. The number of benzene rings is 1. The van der Waals surface area contributed by atoms with Crippen LogP contribution < -0.4 is 11.5 Å². The Labute approximate surface area is 107 Å². The highest BCUT2D eigenvalue weighted by atomic mass is 19.1. The number of hydrogen-bond acceptors (Lipinski definition) is 2. The minimum atomic E-state index is -0.318. The number of rotatable bonds is 5. The smallest absolute Gasteiger partial charge is 0.217 e. The van der Waals surface area contributed by atoms with Gasteiger partial charge < -0.3 is 11.5 Å². The Hall–Kier alpha value is -1.42. The molecule has 1 rings (SSSR count). The van der Waals surface area contributed by atoms with Crippen molar-refractivity contribution in [3.8, 4) is 0 Å². The number of nitrogens with two attached hydrogens (primary N) is 2. The van der Waals surface area contributed by atoms with Crippen molar-refractivity contribution in [2.45, 2.75) is 39.7 Å². The standard InChI is InChI=1S/C14H21FN2O/c1-8(5-13(17)18)4-12(16)11-6-9(2)14(15)10(3)7-11/h6-8,12H,4-5,16H2,1-3H3,(H2,17,18). The van der Waals surface area contributed by atoms with Crippen molar-refractivity contribution >= 4 is 5.91 Å². The van der Waals surface area contributed by atoms with Crippen LogP contribution in [0, 0.1) is 25.6 Å². The Bertz CT molecular complexity index is 422. The SMILES string of the molecule is Cc1cc(C(N)CC(C)CC(N)=O)cc(C)c1F. The summed E-state index contributed by atoms with van der Waals surface area (Å²) in [7, 11) is 0. The van der Waals surface area contributed by atoms with Crippen LogP contribution >= 0.6 is 0 Å². The van der Waals surface area contributed by atoms with Crippen LogP contribution in [0.25, 0.3) is 0 Å². The summed E-state index contributed by atoms with van der Waals surface area (Å²) in [6.07, 6.45) is 0.986. The second-order valence-electron chi connectivity index (χ2n) is 5.09. The molecule has 1 amide bonds. The molecule has 1 aromatic rings. The van der Waals surface area contributed by atoms with Crippen LogP contribution in [-0.4, -0.2) is 5.91 Å². The second-order valence-corrected chi connectivity index (χ2v) is 5.09. The monoisotopic (exact) mass is 252 g/mol. The third-order valence-corrected chi connectivity index (χ3v) is 3.09. The van der Waals surface area contributed by atoms with Crippen LogP contribution in [-0.2, 0) is 4.79 Å². The van der Waals surface area contributed by atoms with Crippen molar-refractivity contribution < 1.29 is 9.18 Å². The molecule has 0 saturated heterocycles. The number of carbonyl (C=O) groups excluding carboxylic acids is 1. The van der Waals surface area contributed by atoms with Crippen molar-refractivity contribution in [1.82, 2.24) is 0 Å². The number of primary amides is 1. The van der Waals surface area contributed by atoms with Gasteiger partial charge in [-0.1, -0.05) is 19.1 Å². The molecular formula is C14H21FN2O. The topological polar surface area (TPSA) is 69.1 Å².